The number of nitrogens with one attached hydrogen (secondary N) is 3. The molecule has 9 heteroatoms. The molecule has 0 bridgehead atoms. The van der Waals surface area contributed by atoms with E-state index in [0.29, 0.717) is 58.1 Å². The fourth-order valence-corrected chi connectivity index (χ4v) is 4.88. The van der Waals surface area contributed by atoms with E-state index in [0.717, 1.165) is 6.42 Å². The van der Waals surface area contributed by atoms with Gasteiger partial charge in [-0.15, -0.1) is 0 Å². The average molecular weight is 489 g/mol. The second-order valence-corrected chi connectivity index (χ2v) is 9.08. The second kappa shape index (κ2) is 8.41. The average Bonchev–Trinajstić information content (AvgIpc) is 3.31. The first kappa shape index (κ1) is 21.6. The molecule has 4 heterocycles. The van der Waals surface area contributed by atoms with E-state index in [-0.39, 0.29) is 23.3 Å². The van der Waals surface area contributed by atoms with Gasteiger partial charge >= 0.3 is 0 Å². The van der Waals surface area contributed by atoms with Crippen molar-refractivity contribution in [1.29, 1.82) is 0 Å². The van der Waals surface area contributed by atoms with E-state index in [9.17, 15) is 9.59 Å². The van der Waals surface area contributed by atoms with Gasteiger partial charge in [-0.3, -0.25) is 9.59 Å². The van der Waals surface area contributed by atoms with Crippen LogP contribution in [0.25, 0.3) is 11.0 Å². The molecule has 2 aliphatic rings. The summed E-state index contributed by atoms with van der Waals surface area (Å²) in [6, 6.07) is 14.3. The molecule has 1 saturated heterocycles. The van der Waals surface area contributed by atoms with Crippen LogP contribution >= 0.6 is 11.6 Å². The maximum absolute atomic E-state index is 13.6. The van der Waals surface area contributed by atoms with E-state index in [4.69, 9.17) is 21.1 Å². The van der Waals surface area contributed by atoms with Crippen molar-refractivity contribution >= 4 is 45.7 Å². The largest absolute Gasteiger partial charge is 0.457 e. The lowest BCUT2D eigenvalue weighted by Crippen LogP contribution is -2.57. The molecule has 3 N–H and O–H groups in total. The SMILES string of the molecule is O=C(c1ccc(Oc2ccccc2)cc1Cl)c1c[nH]c2ncc3c(c12)NC1(CCCOC1)C(=O)N3. The van der Waals surface area contributed by atoms with Gasteiger partial charge in [0.15, 0.2) is 5.78 Å². The van der Waals surface area contributed by atoms with Crippen LogP contribution in [0.2, 0.25) is 5.02 Å². The van der Waals surface area contributed by atoms with Gasteiger partial charge in [0.05, 0.1) is 40.2 Å². The summed E-state index contributed by atoms with van der Waals surface area (Å²) in [6.07, 6.45) is 4.58. The summed E-state index contributed by atoms with van der Waals surface area (Å²) in [5, 5.41) is 7.19. The molecule has 35 heavy (non-hydrogen) atoms. The molecule has 1 fully saturated rings. The molecule has 1 spiro atoms. The topological polar surface area (TPSA) is 105 Å². The van der Waals surface area contributed by atoms with E-state index >= 15 is 0 Å². The molecule has 1 atom stereocenters. The van der Waals surface area contributed by atoms with Gasteiger partial charge in [-0.2, -0.15) is 0 Å². The van der Waals surface area contributed by atoms with E-state index in [2.05, 4.69) is 20.6 Å². The molecule has 1 amide bonds. The van der Waals surface area contributed by atoms with E-state index in [1.807, 2.05) is 30.3 Å². The first-order chi connectivity index (χ1) is 17.0. The number of H-pyrrole nitrogens is 1. The van der Waals surface area contributed by atoms with Gasteiger partial charge in [-0.25, -0.2) is 4.98 Å². The highest BCUT2D eigenvalue weighted by atomic mass is 35.5. The van der Waals surface area contributed by atoms with Gasteiger partial charge in [0.25, 0.3) is 5.91 Å². The lowest BCUT2D eigenvalue weighted by atomic mass is 9.88. The second-order valence-electron chi connectivity index (χ2n) is 8.68. The highest BCUT2D eigenvalue weighted by molar-refractivity contribution is 6.36. The van der Waals surface area contributed by atoms with Gasteiger partial charge < -0.3 is 25.1 Å². The molecule has 6 rings (SSSR count). The molecular weight excluding hydrogens is 468 g/mol. The maximum Gasteiger partial charge on any atom is 0.252 e. The number of fused-ring (bicyclic) bond motifs is 3. The Labute approximate surface area is 205 Å². The number of carbonyl (C=O) groups excluding carboxylic acids is 2. The van der Waals surface area contributed by atoms with Crippen LogP contribution in [0, 0.1) is 0 Å². The molecule has 0 radical (unpaired) electrons. The van der Waals surface area contributed by atoms with E-state index in [1.165, 1.54) is 0 Å². The van der Waals surface area contributed by atoms with Crippen LogP contribution in [0.15, 0.2) is 60.9 Å². The number of ketones is 1. The first-order valence-corrected chi connectivity index (χ1v) is 11.7. The Bertz CT molecular complexity index is 1460. The molecule has 4 aromatic rings. The molecule has 0 aliphatic carbocycles. The zero-order chi connectivity index (χ0) is 24.0. The third kappa shape index (κ3) is 3.71. The summed E-state index contributed by atoms with van der Waals surface area (Å²) in [5.74, 6) is 0.770. The summed E-state index contributed by atoms with van der Waals surface area (Å²) in [6.45, 7) is 0.871. The third-order valence-corrected chi connectivity index (χ3v) is 6.71. The lowest BCUT2D eigenvalue weighted by Gasteiger charge is -2.41. The number of aromatic nitrogens is 2. The van der Waals surface area contributed by atoms with Crippen molar-refractivity contribution in [2.45, 2.75) is 18.4 Å². The summed E-state index contributed by atoms with van der Waals surface area (Å²) in [4.78, 5) is 34.0. The van der Waals surface area contributed by atoms with Crippen molar-refractivity contribution in [2.75, 3.05) is 23.8 Å². The Kier molecular flexibility index (Phi) is 5.20. The van der Waals surface area contributed by atoms with E-state index in [1.54, 1.807) is 30.6 Å². The molecule has 2 aliphatic heterocycles. The zero-order valence-electron chi connectivity index (χ0n) is 18.6. The molecular formula is C26H21ClN4O4. The number of amides is 1. The summed E-state index contributed by atoms with van der Waals surface area (Å²) in [7, 11) is 0. The fraction of sp³-hybridized carbons (Fsp3) is 0.192. The quantitative estimate of drug-likeness (QED) is 0.343. The lowest BCUT2D eigenvalue weighted by molar-refractivity contribution is -0.124. The van der Waals surface area contributed by atoms with Crippen LogP contribution in [-0.4, -0.2) is 40.4 Å². The predicted octanol–water partition coefficient (Wildman–Crippen LogP) is 5.15. The number of benzene rings is 2. The fourth-order valence-electron chi connectivity index (χ4n) is 4.62. The molecule has 8 nitrogen and oxygen atoms in total. The van der Waals surface area contributed by atoms with Crippen LogP contribution in [0.3, 0.4) is 0 Å². The summed E-state index contributed by atoms with van der Waals surface area (Å²) < 4.78 is 11.4. The molecule has 2 aromatic carbocycles. The highest BCUT2D eigenvalue weighted by Crippen LogP contribution is 2.41. The number of hydrogen-bond acceptors (Lipinski definition) is 6. The first-order valence-electron chi connectivity index (χ1n) is 11.3. The van der Waals surface area contributed by atoms with Crippen LogP contribution in [0.5, 0.6) is 11.5 Å². The number of pyridine rings is 1. The molecule has 0 saturated carbocycles. The monoisotopic (exact) mass is 488 g/mol. The van der Waals surface area contributed by atoms with Gasteiger partial charge in [-0.05, 0) is 37.1 Å². The van der Waals surface area contributed by atoms with Crippen LogP contribution in [0.1, 0.15) is 28.8 Å². The van der Waals surface area contributed by atoms with Crippen molar-refractivity contribution in [3.05, 3.63) is 77.1 Å². The Morgan fingerprint density at radius 3 is 2.74 bits per heavy atom. The van der Waals surface area contributed by atoms with Crippen molar-refractivity contribution in [3.63, 3.8) is 0 Å². The smallest absolute Gasteiger partial charge is 0.252 e. The normalized spacial score (nSPS) is 19.2. The van der Waals surface area contributed by atoms with Crippen molar-refractivity contribution in [1.82, 2.24) is 9.97 Å². The van der Waals surface area contributed by atoms with E-state index < -0.39 is 5.54 Å². The van der Waals surface area contributed by atoms with Crippen molar-refractivity contribution < 1.29 is 19.1 Å². The summed E-state index contributed by atoms with van der Waals surface area (Å²) in [5.41, 5.74) is 1.54. The summed E-state index contributed by atoms with van der Waals surface area (Å²) >= 11 is 6.52. The minimum Gasteiger partial charge on any atom is -0.457 e. The Hall–Kier alpha value is -3.88. The number of rotatable bonds is 4. The molecule has 2 aromatic heterocycles. The Balaban J connectivity index is 1.37. The minimum absolute atomic E-state index is 0.161. The van der Waals surface area contributed by atoms with Crippen LogP contribution in [-0.2, 0) is 9.53 Å². The Morgan fingerprint density at radius 2 is 1.97 bits per heavy atom. The van der Waals surface area contributed by atoms with Crippen LogP contribution < -0.4 is 15.4 Å². The number of halogens is 1. The number of ether oxygens (including phenoxy) is 2. The third-order valence-electron chi connectivity index (χ3n) is 6.40. The number of para-hydroxylation sites is 1. The predicted molar refractivity (Wildman–Crippen MR) is 133 cm³/mol. The van der Waals surface area contributed by atoms with Crippen molar-refractivity contribution in [3.8, 4) is 11.5 Å². The van der Waals surface area contributed by atoms with Crippen molar-refractivity contribution in [2.24, 2.45) is 0 Å². The number of anilines is 2. The maximum atomic E-state index is 13.6. The number of nitrogens with zero attached hydrogens (tertiary/aromatic N) is 1. The van der Waals surface area contributed by atoms with Gasteiger partial charge in [-0.1, -0.05) is 29.8 Å². The molecule has 1 unspecified atom stereocenters. The van der Waals surface area contributed by atoms with Gasteiger partial charge in [0, 0.05) is 24.4 Å². The standard InChI is InChI=1S/C26H21ClN4O4/c27-19-11-16(35-15-5-2-1-3-6-15)7-8-17(19)23(32)18-12-28-24-21(18)22-20(13-29-24)30-25(33)26(31-22)9-4-10-34-14-26/h1-3,5-8,11-13,31H,4,9-10,14H2,(H,28,29)(H,30,33). The zero-order valence-corrected chi connectivity index (χ0v) is 19.3. The Morgan fingerprint density at radius 1 is 1.11 bits per heavy atom. The van der Waals surface area contributed by atoms with Gasteiger partial charge in [0.2, 0.25) is 0 Å². The highest BCUT2D eigenvalue weighted by Gasteiger charge is 2.44. The number of carbonyl (C=O) groups is 2. The van der Waals surface area contributed by atoms with Gasteiger partial charge in [0.1, 0.15) is 22.7 Å². The number of hydrogen-bond donors (Lipinski definition) is 3. The number of aromatic amines is 1. The minimum atomic E-state index is -0.884. The van der Waals surface area contributed by atoms with Crippen LogP contribution in [0.4, 0.5) is 11.4 Å². The molecule has 176 valence electrons.